The molecule has 1 aromatic rings. The maximum Gasteiger partial charge on any atom is 0.329 e. The van der Waals surface area contributed by atoms with Crippen LogP contribution in [0.4, 0.5) is 5.82 Å². The summed E-state index contributed by atoms with van der Waals surface area (Å²) in [4.78, 5) is 31.4. The number of aromatic amines is 1. The Kier molecular flexibility index (Phi) is 3.46. The number of piperidine rings is 1. The van der Waals surface area contributed by atoms with E-state index in [1.807, 2.05) is 0 Å². The first-order valence-electron chi connectivity index (χ1n) is 6.13. The van der Waals surface area contributed by atoms with Crippen molar-refractivity contribution in [2.75, 3.05) is 18.6 Å². The van der Waals surface area contributed by atoms with Crippen molar-refractivity contribution in [2.45, 2.75) is 31.7 Å². The van der Waals surface area contributed by atoms with Crippen molar-refractivity contribution in [3.63, 3.8) is 0 Å². The van der Waals surface area contributed by atoms with Crippen LogP contribution < -0.4 is 15.2 Å². The third-order valence-corrected chi connectivity index (χ3v) is 3.60. The van der Waals surface area contributed by atoms with Gasteiger partial charge in [-0.3, -0.25) is 4.79 Å². The second-order valence-corrected chi connectivity index (χ2v) is 4.78. The second kappa shape index (κ2) is 4.91. The van der Waals surface area contributed by atoms with Gasteiger partial charge in [0.25, 0.3) is 5.56 Å². The summed E-state index contributed by atoms with van der Waals surface area (Å²) in [5, 5.41) is 9.47. The summed E-state index contributed by atoms with van der Waals surface area (Å²) in [7, 11) is 1.37. The Morgan fingerprint density at radius 3 is 2.95 bits per heavy atom. The highest BCUT2D eigenvalue weighted by molar-refractivity contribution is 5.83. The zero-order valence-corrected chi connectivity index (χ0v) is 11.0. The number of methoxy groups -OCH3 is 1. The van der Waals surface area contributed by atoms with Gasteiger partial charge in [-0.2, -0.15) is 0 Å². The monoisotopic (exact) mass is 267 g/mol. The van der Waals surface area contributed by atoms with Gasteiger partial charge in [0.05, 0.1) is 13.4 Å². The summed E-state index contributed by atoms with van der Waals surface area (Å²) in [5.41, 5.74) is -1.47. The third kappa shape index (κ3) is 2.16. The van der Waals surface area contributed by atoms with Gasteiger partial charge in [-0.1, -0.05) is 0 Å². The van der Waals surface area contributed by atoms with Gasteiger partial charge in [0.1, 0.15) is 5.54 Å². The van der Waals surface area contributed by atoms with Crippen molar-refractivity contribution < 1.29 is 14.6 Å². The van der Waals surface area contributed by atoms with Crippen LogP contribution in [0.15, 0.2) is 11.1 Å². The number of rotatable bonds is 3. The van der Waals surface area contributed by atoms with Crippen molar-refractivity contribution in [2.24, 2.45) is 0 Å². The predicted molar refractivity (Wildman–Crippen MR) is 68.6 cm³/mol. The molecule has 0 spiro atoms. The Balaban J connectivity index is 2.52. The molecule has 19 heavy (non-hydrogen) atoms. The van der Waals surface area contributed by atoms with Gasteiger partial charge in [-0.25, -0.2) is 9.78 Å². The largest absolute Gasteiger partial charge is 0.489 e. The lowest BCUT2D eigenvalue weighted by Gasteiger charge is -2.42. The minimum absolute atomic E-state index is 0.0527. The number of carbonyl (C=O) groups is 1. The van der Waals surface area contributed by atoms with Crippen LogP contribution >= 0.6 is 0 Å². The zero-order valence-electron chi connectivity index (χ0n) is 11.0. The van der Waals surface area contributed by atoms with Crippen molar-refractivity contribution in [3.05, 3.63) is 16.7 Å². The molecule has 0 bridgehead atoms. The number of carboxylic acid groups (broad SMARTS) is 1. The highest BCUT2D eigenvalue weighted by atomic mass is 16.5. The van der Waals surface area contributed by atoms with E-state index in [2.05, 4.69) is 9.97 Å². The molecule has 1 unspecified atom stereocenters. The molecule has 1 fully saturated rings. The molecule has 1 aliphatic heterocycles. The number of hydrogen-bond donors (Lipinski definition) is 2. The lowest BCUT2D eigenvalue weighted by atomic mass is 9.88. The van der Waals surface area contributed by atoms with E-state index < -0.39 is 17.1 Å². The number of H-pyrrole nitrogens is 1. The fourth-order valence-corrected chi connectivity index (χ4v) is 2.44. The molecule has 1 atom stereocenters. The summed E-state index contributed by atoms with van der Waals surface area (Å²) < 4.78 is 5.06. The smallest absolute Gasteiger partial charge is 0.329 e. The SMILES string of the molecule is COc1c(N2CCCCC2(C)C(=O)O)nc[nH]c1=O. The Morgan fingerprint density at radius 1 is 1.58 bits per heavy atom. The Morgan fingerprint density at radius 2 is 2.32 bits per heavy atom. The molecule has 1 saturated heterocycles. The van der Waals surface area contributed by atoms with Crippen LogP contribution in [0.25, 0.3) is 0 Å². The number of anilines is 1. The summed E-state index contributed by atoms with van der Waals surface area (Å²) in [6.07, 6.45) is 3.47. The third-order valence-electron chi connectivity index (χ3n) is 3.60. The molecule has 1 aromatic heterocycles. The molecule has 0 amide bonds. The van der Waals surface area contributed by atoms with Crippen LogP contribution in [-0.4, -0.2) is 40.2 Å². The first-order chi connectivity index (χ1) is 9.00. The Bertz CT molecular complexity index is 542. The second-order valence-electron chi connectivity index (χ2n) is 4.78. The molecule has 2 N–H and O–H groups in total. The van der Waals surface area contributed by atoms with Gasteiger partial charge >= 0.3 is 5.97 Å². The van der Waals surface area contributed by atoms with Crippen molar-refractivity contribution >= 4 is 11.8 Å². The number of ether oxygens (including phenoxy) is 1. The average molecular weight is 267 g/mol. The van der Waals surface area contributed by atoms with Crippen LogP contribution in [0.5, 0.6) is 5.75 Å². The molecule has 0 aliphatic carbocycles. The lowest BCUT2D eigenvalue weighted by Crippen LogP contribution is -2.56. The van der Waals surface area contributed by atoms with Gasteiger partial charge in [0.15, 0.2) is 5.82 Å². The van der Waals surface area contributed by atoms with Crippen molar-refractivity contribution in [1.29, 1.82) is 0 Å². The van der Waals surface area contributed by atoms with Crippen molar-refractivity contribution in [1.82, 2.24) is 9.97 Å². The van der Waals surface area contributed by atoms with E-state index >= 15 is 0 Å². The summed E-state index contributed by atoms with van der Waals surface area (Å²) in [6, 6.07) is 0. The van der Waals surface area contributed by atoms with E-state index in [0.29, 0.717) is 13.0 Å². The van der Waals surface area contributed by atoms with Crippen LogP contribution in [0, 0.1) is 0 Å². The Labute approximate surface area is 110 Å². The Hall–Kier alpha value is -2.05. The molecule has 0 saturated carbocycles. The molecule has 7 nitrogen and oxygen atoms in total. The maximum atomic E-state index is 11.7. The molecular formula is C12H17N3O4. The van der Waals surface area contributed by atoms with Gasteiger partial charge in [0.2, 0.25) is 5.75 Å². The van der Waals surface area contributed by atoms with E-state index in [4.69, 9.17) is 4.74 Å². The number of aromatic nitrogens is 2. The number of carboxylic acids is 1. The topological polar surface area (TPSA) is 95.5 Å². The number of nitrogens with zero attached hydrogens (tertiary/aromatic N) is 2. The molecule has 7 heteroatoms. The molecule has 2 rings (SSSR count). The van der Waals surface area contributed by atoms with Crippen LogP contribution in [0.1, 0.15) is 26.2 Å². The van der Waals surface area contributed by atoms with Gasteiger partial charge in [-0.15, -0.1) is 0 Å². The number of aliphatic carboxylic acids is 1. The number of nitrogens with one attached hydrogen (secondary N) is 1. The minimum Gasteiger partial charge on any atom is -0.489 e. The summed E-state index contributed by atoms with van der Waals surface area (Å²) in [5.74, 6) is -0.580. The summed E-state index contributed by atoms with van der Waals surface area (Å²) in [6.45, 7) is 2.19. The highest BCUT2D eigenvalue weighted by Gasteiger charge is 2.43. The van der Waals surface area contributed by atoms with Crippen LogP contribution in [0.2, 0.25) is 0 Å². The van der Waals surface area contributed by atoms with E-state index in [1.165, 1.54) is 13.4 Å². The van der Waals surface area contributed by atoms with Crippen LogP contribution in [0.3, 0.4) is 0 Å². The molecule has 2 heterocycles. The fraction of sp³-hybridized carbons (Fsp3) is 0.583. The van der Waals surface area contributed by atoms with E-state index in [-0.39, 0.29) is 11.6 Å². The molecule has 0 radical (unpaired) electrons. The minimum atomic E-state index is -1.06. The van der Waals surface area contributed by atoms with Gasteiger partial charge in [0, 0.05) is 6.54 Å². The molecule has 1 aliphatic rings. The maximum absolute atomic E-state index is 11.7. The van der Waals surface area contributed by atoms with Gasteiger partial charge in [-0.05, 0) is 26.2 Å². The highest BCUT2D eigenvalue weighted by Crippen LogP contribution is 2.35. The first kappa shape index (κ1) is 13.4. The summed E-state index contributed by atoms with van der Waals surface area (Å²) >= 11 is 0. The van der Waals surface area contributed by atoms with E-state index in [1.54, 1.807) is 11.8 Å². The lowest BCUT2D eigenvalue weighted by molar-refractivity contribution is -0.143. The van der Waals surface area contributed by atoms with E-state index in [0.717, 1.165) is 12.8 Å². The number of hydrogen-bond acceptors (Lipinski definition) is 5. The van der Waals surface area contributed by atoms with E-state index in [9.17, 15) is 14.7 Å². The quantitative estimate of drug-likeness (QED) is 0.833. The predicted octanol–water partition coefficient (Wildman–Crippen LogP) is 0.612. The van der Waals surface area contributed by atoms with Crippen LogP contribution in [-0.2, 0) is 4.79 Å². The normalized spacial score (nSPS) is 23.2. The zero-order chi connectivity index (χ0) is 14.0. The molecule has 104 valence electrons. The molecule has 0 aromatic carbocycles. The van der Waals surface area contributed by atoms with Gasteiger partial charge < -0.3 is 19.7 Å². The average Bonchev–Trinajstić information content (AvgIpc) is 2.39. The van der Waals surface area contributed by atoms with Crippen molar-refractivity contribution in [3.8, 4) is 5.75 Å². The first-order valence-corrected chi connectivity index (χ1v) is 6.13. The fourth-order valence-electron chi connectivity index (χ4n) is 2.44. The standard InChI is InChI=1S/C12H17N3O4/c1-12(11(17)18)5-3-4-6-15(12)9-8(19-2)10(16)14-7-13-9/h7H,3-6H2,1-2H3,(H,17,18)(H,13,14,16). The molecular weight excluding hydrogens is 250 g/mol.